The Kier molecular flexibility index (Phi) is 3.17. The molecule has 0 aromatic heterocycles. The smallest absolute Gasteiger partial charge is 0.343 e. The SMILES string of the molecule is OC(O)(O)NCC1(CF)OCCO1. The van der Waals surface area contributed by atoms with E-state index in [1.54, 1.807) is 0 Å². The molecule has 0 bridgehead atoms. The van der Waals surface area contributed by atoms with Crippen molar-refractivity contribution in [2.24, 2.45) is 0 Å². The van der Waals surface area contributed by atoms with E-state index >= 15 is 0 Å². The maximum atomic E-state index is 12.4. The summed E-state index contributed by atoms with van der Waals surface area (Å²) in [7, 11) is 0. The Bertz CT molecular complexity index is 165. The Hall–Kier alpha value is -0.310. The minimum absolute atomic E-state index is 0.237. The summed E-state index contributed by atoms with van der Waals surface area (Å²) < 4.78 is 22.2. The van der Waals surface area contributed by atoms with Gasteiger partial charge in [-0.25, -0.2) is 9.71 Å². The lowest BCUT2D eigenvalue weighted by Gasteiger charge is -2.26. The predicted octanol–water partition coefficient (Wildman–Crippen LogP) is -2.12. The maximum Gasteiger partial charge on any atom is 0.343 e. The minimum atomic E-state index is -3.04. The first kappa shape index (κ1) is 10.8. The molecule has 0 atom stereocenters. The van der Waals surface area contributed by atoms with E-state index in [2.05, 4.69) is 0 Å². The summed E-state index contributed by atoms with van der Waals surface area (Å²) in [6.07, 6.45) is -3.04. The molecule has 1 aliphatic heterocycles. The highest BCUT2D eigenvalue weighted by Gasteiger charge is 2.38. The van der Waals surface area contributed by atoms with Crippen molar-refractivity contribution in [2.75, 3.05) is 26.4 Å². The fourth-order valence-corrected chi connectivity index (χ4v) is 0.977. The normalized spacial score (nSPS) is 22.2. The van der Waals surface area contributed by atoms with Crippen LogP contribution in [-0.2, 0) is 9.47 Å². The molecule has 1 rings (SSSR count). The van der Waals surface area contributed by atoms with Crippen LogP contribution < -0.4 is 5.32 Å². The first-order chi connectivity index (χ1) is 5.97. The quantitative estimate of drug-likeness (QED) is 0.385. The molecule has 1 aliphatic rings. The number of hydrogen-bond donors (Lipinski definition) is 4. The lowest BCUT2D eigenvalue weighted by atomic mass is 10.3. The number of alkyl halides is 1. The van der Waals surface area contributed by atoms with Gasteiger partial charge in [0.1, 0.15) is 6.67 Å². The Morgan fingerprint density at radius 2 is 1.85 bits per heavy atom. The monoisotopic (exact) mass is 197 g/mol. The van der Waals surface area contributed by atoms with Crippen LogP contribution in [0.4, 0.5) is 4.39 Å². The zero-order chi connectivity index (χ0) is 9.95. The van der Waals surface area contributed by atoms with Crippen LogP contribution in [0.5, 0.6) is 0 Å². The molecule has 1 saturated heterocycles. The van der Waals surface area contributed by atoms with E-state index in [1.807, 2.05) is 5.32 Å². The minimum Gasteiger partial charge on any atom is -0.344 e. The van der Waals surface area contributed by atoms with Crippen molar-refractivity contribution in [3.63, 3.8) is 0 Å². The molecule has 0 spiro atoms. The van der Waals surface area contributed by atoms with Gasteiger partial charge in [-0.05, 0) is 0 Å². The van der Waals surface area contributed by atoms with E-state index in [-0.39, 0.29) is 19.8 Å². The van der Waals surface area contributed by atoms with Crippen molar-refractivity contribution in [1.82, 2.24) is 5.32 Å². The third-order valence-corrected chi connectivity index (χ3v) is 1.61. The lowest BCUT2D eigenvalue weighted by molar-refractivity contribution is -0.338. The summed E-state index contributed by atoms with van der Waals surface area (Å²) in [6, 6.07) is 0. The highest BCUT2D eigenvalue weighted by atomic mass is 19.1. The summed E-state index contributed by atoms with van der Waals surface area (Å²) >= 11 is 0. The average molecular weight is 197 g/mol. The third kappa shape index (κ3) is 3.14. The summed E-state index contributed by atoms with van der Waals surface area (Å²) in [5, 5.41) is 27.2. The van der Waals surface area contributed by atoms with Crippen molar-refractivity contribution < 1.29 is 29.2 Å². The third-order valence-electron chi connectivity index (χ3n) is 1.61. The van der Waals surface area contributed by atoms with Gasteiger partial charge in [0.2, 0.25) is 5.79 Å². The largest absolute Gasteiger partial charge is 0.344 e. The molecule has 0 amide bonds. The van der Waals surface area contributed by atoms with Gasteiger partial charge >= 0.3 is 6.10 Å². The van der Waals surface area contributed by atoms with E-state index < -0.39 is 18.6 Å². The molecule has 78 valence electrons. The Morgan fingerprint density at radius 1 is 1.31 bits per heavy atom. The highest BCUT2D eigenvalue weighted by Crippen LogP contribution is 2.19. The van der Waals surface area contributed by atoms with Crippen molar-refractivity contribution in [1.29, 1.82) is 0 Å². The molecule has 6 nitrogen and oxygen atoms in total. The van der Waals surface area contributed by atoms with Crippen LogP contribution >= 0.6 is 0 Å². The number of halogens is 1. The highest BCUT2D eigenvalue weighted by molar-refractivity contribution is 4.76. The molecule has 13 heavy (non-hydrogen) atoms. The maximum absolute atomic E-state index is 12.4. The number of hydrogen-bond acceptors (Lipinski definition) is 6. The molecule has 4 N–H and O–H groups in total. The van der Waals surface area contributed by atoms with Crippen LogP contribution in [0.25, 0.3) is 0 Å². The fourth-order valence-electron chi connectivity index (χ4n) is 0.977. The van der Waals surface area contributed by atoms with E-state index in [1.165, 1.54) is 0 Å². The summed E-state index contributed by atoms with van der Waals surface area (Å²) in [5.74, 6) is -1.51. The van der Waals surface area contributed by atoms with Crippen molar-refractivity contribution >= 4 is 0 Å². The van der Waals surface area contributed by atoms with Gasteiger partial charge in [0, 0.05) is 0 Å². The van der Waals surface area contributed by atoms with Crippen LogP contribution in [0.15, 0.2) is 0 Å². The molecule has 0 aliphatic carbocycles. The van der Waals surface area contributed by atoms with Crippen LogP contribution in [-0.4, -0.2) is 53.6 Å². The molecule has 7 heteroatoms. The zero-order valence-electron chi connectivity index (χ0n) is 6.86. The van der Waals surface area contributed by atoms with Gasteiger partial charge in [0.25, 0.3) is 0 Å². The van der Waals surface area contributed by atoms with Gasteiger partial charge in [-0.2, -0.15) is 0 Å². The number of ether oxygens (including phenoxy) is 2. The first-order valence-electron chi connectivity index (χ1n) is 3.73. The lowest BCUT2D eigenvalue weighted by Crippen LogP contribution is -2.53. The van der Waals surface area contributed by atoms with Crippen LogP contribution in [0, 0.1) is 0 Å². The molecule has 1 heterocycles. The van der Waals surface area contributed by atoms with Gasteiger partial charge in [-0.3, -0.25) is 0 Å². The molecular formula is C6H12FNO5. The molecule has 1 fully saturated rings. The van der Waals surface area contributed by atoms with Gasteiger partial charge in [-0.15, -0.1) is 0 Å². The summed E-state index contributed by atoms with van der Waals surface area (Å²) in [6.45, 7) is -0.815. The zero-order valence-corrected chi connectivity index (χ0v) is 6.86. The number of nitrogens with one attached hydrogen (secondary N) is 1. The van der Waals surface area contributed by atoms with Gasteiger partial charge < -0.3 is 24.8 Å². The van der Waals surface area contributed by atoms with Crippen molar-refractivity contribution in [3.8, 4) is 0 Å². The Labute approximate surface area is 73.9 Å². The molecule has 0 radical (unpaired) electrons. The predicted molar refractivity (Wildman–Crippen MR) is 38.0 cm³/mol. The van der Waals surface area contributed by atoms with E-state index in [9.17, 15) is 4.39 Å². The topological polar surface area (TPSA) is 91.2 Å². The second kappa shape index (κ2) is 3.82. The Morgan fingerprint density at radius 3 is 2.23 bits per heavy atom. The Balaban J connectivity index is 2.40. The number of rotatable bonds is 4. The van der Waals surface area contributed by atoms with Gasteiger partial charge in [-0.1, -0.05) is 0 Å². The van der Waals surface area contributed by atoms with E-state index in [0.717, 1.165) is 0 Å². The van der Waals surface area contributed by atoms with Gasteiger partial charge in [0.15, 0.2) is 0 Å². The summed E-state index contributed by atoms with van der Waals surface area (Å²) in [4.78, 5) is 0. The van der Waals surface area contributed by atoms with Crippen LogP contribution in [0.2, 0.25) is 0 Å². The second-order valence-electron chi connectivity index (χ2n) is 2.73. The summed E-state index contributed by atoms with van der Waals surface area (Å²) in [5.41, 5.74) is 0. The van der Waals surface area contributed by atoms with E-state index in [0.29, 0.717) is 0 Å². The average Bonchev–Trinajstić information content (AvgIpc) is 2.49. The fraction of sp³-hybridized carbons (Fsp3) is 1.00. The van der Waals surface area contributed by atoms with Gasteiger partial charge in [0.05, 0.1) is 19.8 Å². The van der Waals surface area contributed by atoms with Crippen LogP contribution in [0.3, 0.4) is 0 Å². The number of aliphatic hydroxyl groups is 3. The second-order valence-corrected chi connectivity index (χ2v) is 2.73. The molecular weight excluding hydrogens is 185 g/mol. The van der Waals surface area contributed by atoms with E-state index in [4.69, 9.17) is 24.8 Å². The first-order valence-corrected chi connectivity index (χ1v) is 3.73. The standard InChI is InChI=1S/C6H12FNO5/c7-3-5(12-1-2-13-5)4-8-6(9,10)11/h8-11H,1-4H2. The molecule has 0 unspecified atom stereocenters. The van der Waals surface area contributed by atoms with Crippen LogP contribution in [0.1, 0.15) is 0 Å². The van der Waals surface area contributed by atoms with Crippen molar-refractivity contribution in [3.05, 3.63) is 0 Å². The molecule has 0 aromatic rings. The molecule has 0 aromatic carbocycles. The molecule has 0 saturated carbocycles. The van der Waals surface area contributed by atoms with Crippen molar-refractivity contribution in [2.45, 2.75) is 11.9 Å².